The van der Waals surface area contributed by atoms with Gasteiger partial charge in [-0.05, 0) is 6.42 Å². The van der Waals surface area contributed by atoms with Gasteiger partial charge in [0.2, 0.25) is 17.7 Å². The molecule has 0 aromatic rings. The van der Waals surface area contributed by atoms with E-state index in [4.69, 9.17) is 21.7 Å². The molecule has 0 aliphatic rings. The molecule has 0 aromatic carbocycles. The van der Waals surface area contributed by atoms with Crippen LogP contribution < -0.4 is 22.1 Å². The third-order valence-electron chi connectivity index (χ3n) is 2.64. The normalized spacial score (nSPS) is 14.5. The number of primary amides is 1. The third-order valence-corrected chi connectivity index (χ3v) is 3.01. The molecule has 0 rings (SSSR count). The molecule has 3 unspecified atom stereocenters. The fourth-order valence-corrected chi connectivity index (χ4v) is 1.62. The molecule has 0 aliphatic heterocycles. The van der Waals surface area contributed by atoms with E-state index in [9.17, 15) is 19.2 Å². The van der Waals surface area contributed by atoms with E-state index in [1.807, 2.05) is 0 Å². The minimum Gasteiger partial charge on any atom is -0.480 e. The van der Waals surface area contributed by atoms with Crippen LogP contribution in [-0.2, 0) is 19.2 Å². The predicted molar refractivity (Wildman–Crippen MR) is 78.8 cm³/mol. The zero-order chi connectivity index (χ0) is 17.3. The molecule has 8 N–H and O–H groups in total. The summed E-state index contributed by atoms with van der Waals surface area (Å²) in [6.45, 7) is -0.635. The second-order valence-corrected chi connectivity index (χ2v) is 4.80. The Kier molecular flexibility index (Phi) is 9.13. The number of carbonyl (C=O) groups excluding carboxylic acids is 3. The van der Waals surface area contributed by atoms with E-state index in [1.165, 1.54) is 0 Å². The van der Waals surface area contributed by atoms with E-state index >= 15 is 0 Å². The van der Waals surface area contributed by atoms with Crippen molar-refractivity contribution in [3.63, 3.8) is 0 Å². The molecule has 0 fully saturated rings. The smallest absolute Gasteiger partial charge is 0.327 e. The van der Waals surface area contributed by atoms with E-state index in [2.05, 4.69) is 23.3 Å². The highest BCUT2D eigenvalue weighted by Gasteiger charge is 2.27. The summed E-state index contributed by atoms with van der Waals surface area (Å²) in [6, 6.07) is -3.71. The van der Waals surface area contributed by atoms with Crippen LogP contribution in [0.15, 0.2) is 0 Å². The van der Waals surface area contributed by atoms with Crippen molar-refractivity contribution in [1.82, 2.24) is 10.6 Å². The van der Waals surface area contributed by atoms with Gasteiger partial charge in [-0.25, -0.2) is 4.79 Å². The first-order valence-electron chi connectivity index (χ1n) is 6.32. The number of thiol groups is 1. The number of aliphatic carboxylic acids is 1. The van der Waals surface area contributed by atoms with Crippen LogP contribution in [0.25, 0.3) is 0 Å². The lowest BCUT2D eigenvalue weighted by molar-refractivity contribution is -0.141. The number of carboxylic acids is 1. The maximum atomic E-state index is 12.0. The fraction of sp³-hybridized carbons (Fsp3) is 0.636. The van der Waals surface area contributed by atoms with Crippen LogP contribution >= 0.6 is 12.6 Å². The number of nitrogens with two attached hydrogens (primary N) is 2. The maximum Gasteiger partial charge on any atom is 0.327 e. The number of aliphatic hydroxyl groups excluding tert-OH is 1. The average Bonchev–Trinajstić information content (AvgIpc) is 2.46. The van der Waals surface area contributed by atoms with Gasteiger partial charge in [-0.15, -0.1) is 0 Å². The van der Waals surface area contributed by atoms with Crippen molar-refractivity contribution >= 4 is 36.3 Å². The lowest BCUT2D eigenvalue weighted by Gasteiger charge is -2.21. The molecule has 0 bridgehead atoms. The van der Waals surface area contributed by atoms with Gasteiger partial charge in [0.1, 0.15) is 18.1 Å². The maximum absolute atomic E-state index is 12.0. The molecule has 0 spiro atoms. The van der Waals surface area contributed by atoms with Crippen LogP contribution in [0, 0.1) is 0 Å². The van der Waals surface area contributed by atoms with Crippen molar-refractivity contribution < 1.29 is 29.4 Å². The standard InChI is InChI=1S/C11H20N4O6S/c12-5(3-16)9(18)14-6(1-2-8(13)17)10(19)15-7(4-22)11(20)21/h5-7,16,22H,1-4,12H2,(H2,13,17)(H,14,18)(H,15,19)(H,20,21). The molecule has 126 valence electrons. The Morgan fingerprint density at radius 2 is 1.64 bits per heavy atom. The summed E-state index contributed by atoms with van der Waals surface area (Å²) in [4.78, 5) is 45.2. The van der Waals surface area contributed by atoms with Crippen LogP contribution in [0.3, 0.4) is 0 Å². The van der Waals surface area contributed by atoms with Crippen molar-refractivity contribution in [2.75, 3.05) is 12.4 Å². The number of carboxylic acid groups (broad SMARTS) is 1. The summed E-state index contributed by atoms with van der Waals surface area (Å²) < 4.78 is 0. The topological polar surface area (TPSA) is 185 Å². The molecule has 0 heterocycles. The molecule has 3 atom stereocenters. The van der Waals surface area contributed by atoms with Crippen LogP contribution in [0.4, 0.5) is 0 Å². The zero-order valence-corrected chi connectivity index (χ0v) is 12.6. The molecule has 0 saturated heterocycles. The highest BCUT2D eigenvalue weighted by Crippen LogP contribution is 2.00. The molecule has 3 amide bonds. The van der Waals surface area contributed by atoms with E-state index in [0.717, 1.165) is 0 Å². The van der Waals surface area contributed by atoms with Crippen molar-refractivity contribution in [2.24, 2.45) is 11.5 Å². The first kappa shape index (κ1) is 20.1. The third kappa shape index (κ3) is 7.24. The monoisotopic (exact) mass is 336 g/mol. The quantitative estimate of drug-likeness (QED) is 0.202. The number of carbonyl (C=O) groups is 4. The average molecular weight is 336 g/mol. The number of aliphatic hydroxyl groups is 1. The minimum absolute atomic E-state index is 0.135. The minimum atomic E-state index is -1.30. The molecule has 0 radical (unpaired) electrons. The van der Waals surface area contributed by atoms with Gasteiger partial charge in [-0.3, -0.25) is 14.4 Å². The van der Waals surface area contributed by atoms with Gasteiger partial charge in [-0.1, -0.05) is 0 Å². The first-order valence-corrected chi connectivity index (χ1v) is 6.95. The van der Waals surface area contributed by atoms with Crippen LogP contribution in [0.2, 0.25) is 0 Å². The number of rotatable bonds is 10. The largest absolute Gasteiger partial charge is 0.480 e. The van der Waals surface area contributed by atoms with Gasteiger partial charge in [0.15, 0.2) is 0 Å². The van der Waals surface area contributed by atoms with E-state index < -0.39 is 48.4 Å². The molecule has 11 heteroatoms. The highest BCUT2D eigenvalue weighted by molar-refractivity contribution is 7.80. The molecular weight excluding hydrogens is 316 g/mol. The molecule has 0 saturated carbocycles. The van der Waals surface area contributed by atoms with E-state index in [-0.39, 0.29) is 18.6 Å². The van der Waals surface area contributed by atoms with Crippen molar-refractivity contribution in [3.8, 4) is 0 Å². The SMILES string of the molecule is NC(=O)CCC(NC(=O)C(N)CO)C(=O)NC(CS)C(=O)O. The van der Waals surface area contributed by atoms with Gasteiger partial charge < -0.3 is 32.3 Å². The molecular formula is C11H20N4O6S. The van der Waals surface area contributed by atoms with Crippen molar-refractivity contribution in [2.45, 2.75) is 31.0 Å². The Balaban J connectivity index is 4.89. The summed E-state index contributed by atoms with van der Waals surface area (Å²) in [7, 11) is 0. The van der Waals surface area contributed by atoms with Crippen LogP contribution in [0.1, 0.15) is 12.8 Å². The summed E-state index contributed by atoms with van der Waals surface area (Å²) in [5.74, 6) is -3.78. The number of hydrogen-bond acceptors (Lipinski definition) is 7. The van der Waals surface area contributed by atoms with E-state index in [1.54, 1.807) is 0 Å². The van der Waals surface area contributed by atoms with Crippen molar-refractivity contribution in [1.29, 1.82) is 0 Å². The van der Waals surface area contributed by atoms with Crippen LogP contribution in [-0.4, -0.2) is 64.4 Å². The fourth-order valence-electron chi connectivity index (χ4n) is 1.37. The summed E-state index contributed by atoms with van der Waals surface area (Å²) in [5, 5.41) is 22.0. The lowest BCUT2D eigenvalue weighted by atomic mass is 10.1. The summed E-state index contributed by atoms with van der Waals surface area (Å²) >= 11 is 3.79. The van der Waals surface area contributed by atoms with Gasteiger partial charge in [0.25, 0.3) is 0 Å². The van der Waals surface area contributed by atoms with Gasteiger partial charge in [0, 0.05) is 12.2 Å². The van der Waals surface area contributed by atoms with Crippen molar-refractivity contribution in [3.05, 3.63) is 0 Å². The first-order chi connectivity index (χ1) is 10.2. The Morgan fingerprint density at radius 3 is 2.05 bits per heavy atom. The molecule has 22 heavy (non-hydrogen) atoms. The Hall–Kier alpha value is -1.85. The van der Waals surface area contributed by atoms with E-state index in [0.29, 0.717) is 0 Å². The number of amides is 3. The zero-order valence-electron chi connectivity index (χ0n) is 11.7. The second-order valence-electron chi connectivity index (χ2n) is 4.44. The Labute approximate surface area is 132 Å². The Morgan fingerprint density at radius 1 is 1.09 bits per heavy atom. The van der Waals surface area contributed by atoms with Crippen LogP contribution in [0.5, 0.6) is 0 Å². The van der Waals surface area contributed by atoms with Gasteiger partial charge in [0.05, 0.1) is 6.61 Å². The summed E-state index contributed by atoms with van der Waals surface area (Å²) in [6.07, 6.45) is -0.338. The number of hydrogen-bond donors (Lipinski definition) is 7. The highest BCUT2D eigenvalue weighted by atomic mass is 32.1. The molecule has 10 nitrogen and oxygen atoms in total. The molecule has 0 aliphatic carbocycles. The number of nitrogens with one attached hydrogen (secondary N) is 2. The Bertz CT molecular complexity index is 433. The summed E-state index contributed by atoms with van der Waals surface area (Å²) in [5.41, 5.74) is 10.3. The lowest BCUT2D eigenvalue weighted by Crippen LogP contribution is -2.55. The molecule has 0 aromatic heterocycles. The predicted octanol–water partition coefficient (Wildman–Crippen LogP) is -3.44. The van der Waals surface area contributed by atoms with Gasteiger partial charge in [-0.2, -0.15) is 12.6 Å². The van der Waals surface area contributed by atoms with Gasteiger partial charge >= 0.3 is 5.97 Å². The second kappa shape index (κ2) is 9.97.